The lowest BCUT2D eigenvalue weighted by Crippen LogP contribution is -2.04. The van der Waals surface area contributed by atoms with E-state index < -0.39 is 0 Å². The molecule has 0 amide bonds. The summed E-state index contributed by atoms with van der Waals surface area (Å²) in [5.41, 5.74) is 4.92. The van der Waals surface area contributed by atoms with Crippen LogP contribution >= 0.6 is 0 Å². The van der Waals surface area contributed by atoms with E-state index in [1.165, 1.54) is 23.3 Å². The van der Waals surface area contributed by atoms with Crippen LogP contribution in [0.3, 0.4) is 0 Å². The highest BCUT2D eigenvalue weighted by Gasteiger charge is 2.08. The van der Waals surface area contributed by atoms with Gasteiger partial charge in [-0.2, -0.15) is 0 Å². The summed E-state index contributed by atoms with van der Waals surface area (Å²) in [7, 11) is 0. The Morgan fingerprint density at radius 2 is 1.89 bits per heavy atom. The van der Waals surface area contributed by atoms with Crippen molar-refractivity contribution in [3.8, 4) is 0 Å². The van der Waals surface area contributed by atoms with Gasteiger partial charge < -0.3 is 5.32 Å². The van der Waals surface area contributed by atoms with Gasteiger partial charge in [0, 0.05) is 17.8 Å². The predicted octanol–water partition coefficient (Wildman–Crippen LogP) is 4.40. The standard InChI is InChI=1S/C17H16FN/c18-15-10-8-13(9-11-15)12-19-17-7-3-5-14-4-1-2-6-16(14)17/h2-3,5-11,19H,1,4,12H2. The molecule has 3 rings (SSSR count). The average molecular weight is 253 g/mol. The van der Waals surface area contributed by atoms with Crippen molar-refractivity contribution in [2.75, 3.05) is 5.32 Å². The normalized spacial score (nSPS) is 13.1. The number of anilines is 1. The van der Waals surface area contributed by atoms with Gasteiger partial charge in [-0.3, -0.25) is 0 Å². The molecule has 0 saturated heterocycles. The Kier molecular flexibility index (Phi) is 3.32. The first-order chi connectivity index (χ1) is 9.33. The summed E-state index contributed by atoms with van der Waals surface area (Å²) in [6.07, 6.45) is 6.63. The number of hydrogen-bond donors (Lipinski definition) is 1. The second-order valence-electron chi connectivity index (χ2n) is 4.80. The Morgan fingerprint density at radius 3 is 2.74 bits per heavy atom. The minimum Gasteiger partial charge on any atom is -0.380 e. The number of hydrogen-bond acceptors (Lipinski definition) is 1. The van der Waals surface area contributed by atoms with Crippen LogP contribution in [0.5, 0.6) is 0 Å². The van der Waals surface area contributed by atoms with Gasteiger partial charge in [-0.25, -0.2) is 4.39 Å². The number of allylic oxidation sites excluding steroid dienone is 1. The van der Waals surface area contributed by atoms with E-state index in [0.29, 0.717) is 6.54 Å². The highest BCUT2D eigenvalue weighted by molar-refractivity contribution is 5.71. The zero-order chi connectivity index (χ0) is 13.1. The van der Waals surface area contributed by atoms with Gasteiger partial charge in [-0.05, 0) is 42.2 Å². The molecule has 19 heavy (non-hydrogen) atoms. The Labute approximate surface area is 112 Å². The van der Waals surface area contributed by atoms with Crippen LogP contribution in [0.2, 0.25) is 0 Å². The molecule has 2 heteroatoms. The fourth-order valence-corrected chi connectivity index (χ4v) is 2.42. The first-order valence-corrected chi connectivity index (χ1v) is 6.60. The highest BCUT2D eigenvalue weighted by Crippen LogP contribution is 2.26. The van der Waals surface area contributed by atoms with E-state index in [0.717, 1.165) is 24.1 Å². The quantitative estimate of drug-likeness (QED) is 0.855. The minimum atomic E-state index is -0.191. The number of halogens is 1. The van der Waals surface area contributed by atoms with Gasteiger partial charge in [0.2, 0.25) is 0 Å². The van der Waals surface area contributed by atoms with Gasteiger partial charge in [-0.1, -0.05) is 36.4 Å². The summed E-state index contributed by atoms with van der Waals surface area (Å²) in [5, 5.41) is 3.43. The Balaban J connectivity index is 1.77. The smallest absolute Gasteiger partial charge is 0.123 e. The maximum Gasteiger partial charge on any atom is 0.123 e. The molecule has 1 aliphatic carbocycles. The Bertz CT molecular complexity index is 599. The first kappa shape index (κ1) is 12.0. The number of fused-ring (bicyclic) bond motifs is 1. The lowest BCUT2D eigenvalue weighted by Gasteiger charge is -2.16. The van der Waals surface area contributed by atoms with Gasteiger partial charge in [0.1, 0.15) is 5.82 Å². The van der Waals surface area contributed by atoms with Crippen molar-refractivity contribution in [1.29, 1.82) is 0 Å². The summed E-state index contributed by atoms with van der Waals surface area (Å²) in [6.45, 7) is 0.713. The van der Waals surface area contributed by atoms with E-state index >= 15 is 0 Å². The molecule has 96 valence electrons. The largest absolute Gasteiger partial charge is 0.380 e. The SMILES string of the molecule is Fc1ccc(CNc2cccc3c2C=CCC3)cc1. The van der Waals surface area contributed by atoms with Crippen LogP contribution in [0, 0.1) is 5.82 Å². The molecule has 2 aromatic carbocycles. The third-order valence-electron chi connectivity index (χ3n) is 3.46. The van der Waals surface area contributed by atoms with Crippen LogP contribution in [-0.2, 0) is 13.0 Å². The van der Waals surface area contributed by atoms with E-state index in [9.17, 15) is 4.39 Å². The van der Waals surface area contributed by atoms with Gasteiger partial charge in [-0.15, -0.1) is 0 Å². The molecule has 1 nitrogen and oxygen atoms in total. The van der Waals surface area contributed by atoms with E-state index in [4.69, 9.17) is 0 Å². The van der Waals surface area contributed by atoms with Gasteiger partial charge >= 0.3 is 0 Å². The molecule has 0 radical (unpaired) electrons. The van der Waals surface area contributed by atoms with Crippen molar-refractivity contribution >= 4 is 11.8 Å². The summed E-state index contributed by atoms with van der Waals surface area (Å²) < 4.78 is 12.8. The molecule has 0 saturated carbocycles. The molecule has 0 heterocycles. The van der Waals surface area contributed by atoms with E-state index in [-0.39, 0.29) is 5.82 Å². The second-order valence-corrected chi connectivity index (χ2v) is 4.80. The van der Waals surface area contributed by atoms with E-state index in [1.54, 1.807) is 0 Å². The lowest BCUT2D eigenvalue weighted by atomic mass is 9.96. The molecule has 1 N–H and O–H groups in total. The number of benzene rings is 2. The summed E-state index contributed by atoms with van der Waals surface area (Å²) >= 11 is 0. The molecule has 1 aliphatic rings. The molecule has 0 unspecified atom stereocenters. The van der Waals surface area contributed by atoms with Gasteiger partial charge in [0.15, 0.2) is 0 Å². The summed E-state index contributed by atoms with van der Waals surface area (Å²) in [6, 6.07) is 13.0. The minimum absolute atomic E-state index is 0.191. The van der Waals surface area contributed by atoms with Crippen molar-refractivity contribution < 1.29 is 4.39 Å². The zero-order valence-corrected chi connectivity index (χ0v) is 10.7. The maximum absolute atomic E-state index is 12.8. The maximum atomic E-state index is 12.8. The first-order valence-electron chi connectivity index (χ1n) is 6.60. The molecule has 0 fully saturated rings. The fraction of sp³-hybridized carbons (Fsp3) is 0.176. The molecular formula is C17H16FN. The number of rotatable bonds is 3. The molecule has 0 aliphatic heterocycles. The monoisotopic (exact) mass is 253 g/mol. The molecule has 0 bridgehead atoms. The van der Waals surface area contributed by atoms with Crippen LogP contribution < -0.4 is 5.32 Å². The van der Waals surface area contributed by atoms with Crippen LogP contribution in [-0.4, -0.2) is 0 Å². The van der Waals surface area contributed by atoms with E-state index in [1.807, 2.05) is 12.1 Å². The van der Waals surface area contributed by atoms with Crippen molar-refractivity contribution in [1.82, 2.24) is 0 Å². The second kappa shape index (κ2) is 5.27. The van der Waals surface area contributed by atoms with Gasteiger partial charge in [0.05, 0.1) is 0 Å². The summed E-state index contributed by atoms with van der Waals surface area (Å²) in [4.78, 5) is 0. The van der Waals surface area contributed by atoms with Crippen molar-refractivity contribution in [3.05, 3.63) is 71.0 Å². The predicted molar refractivity (Wildman–Crippen MR) is 77.5 cm³/mol. The third kappa shape index (κ3) is 2.68. The Hall–Kier alpha value is -2.09. The molecule has 0 spiro atoms. The number of aryl methyl sites for hydroxylation is 1. The highest BCUT2D eigenvalue weighted by atomic mass is 19.1. The topological polar surface area (TPSA) is 12.0 Å². The van der Waals surface area contributed by atoms with Gasteiger partial charge in [0.25, 0.3) is 0 Å². The number of nitrogens with one attached hydrogen (secondary N) is 1. The van der Waals surface area contributed by atoms with Crippen LogP contribution in [0.15, 0.2) is 48.5 Å². The van der Waals surface area contributed by atoms with E-state index in [2.05, 4.69) is 35.7 Å². The zero-order valence-electron chi connectivity index (χ0n) is 10.7. The molecular weight excluding hydrogens is 237 g/mol. The van der Waals surface area contributed by atoms with Crippen molar-refractivity contribution in [3.63, 3.8) is 0 Å². The van der Waals surface area contributed by atoms with Crippen molar-refractivity contribution in [2.45, 2.75) is 19.4 Å². The molecule has 0 atom stereocenters. The third-order valence-corrected chi connectivity index (χ3v) is 3.46. The van der Waals surface area contributed by atoms with Crippen LogP contribution in [0.25, 0.3) is 6.08 Å². The lowest BCUT2D eigenvalue weighted by molar-refractivity contribution is 0.627. The molecule has 2 aromatic rings. The Morgan fingerprint density at radius 1 is 1.05 bits per heavy atom. The van der Waals surface area contributed by atoms with Crippen LogP contribution in [0.1, 0.15) is 23.1 Å². The fourth-order valence-electron chi connectivity index (χ4n) is 2.42. The average Bonchev–Trinajstić information content (AvgIpc) is 2.47. The summed E-state index contributed by atoms with van der Waals surface area (Å²) in [5.74, 6) is -0.191. The van der Waals surface area contributed by atoms with Crippen LogP contribution in [0.4, 0.5) is 10.1 Å². The van der Waals surface area contributed by atoms with Crippen molar-refractivity contribution in [2.24, 2.45) is 0 Å². The molecule has 0 aromatic heterocycles.